The highest BCUT2D eigenvalue weighted by molar-refractivity contribution is 7.90. The standard InChI is InChI=1S/C15H19ClN6O6S/c1-27-12-9-13(28-2)18-14(17-12)19-15(24)20-29(25,26)21-22-8-4-5-10(22)11(23)6-3-7-16/h4-5,8-9,21H,3,6-7H2,1-2H3,(H2,17,18,19,20,24). The molecule has 0 aliphatic carbocycles. The molecule has 2 heterocycles. The van der Waals surface area contributed by atoms with Crippen molar-refractivity contribution in [3.8, 4) is 11.8 Å². The van der Waals surface area contributed by atoms with Crippen LogP contribution < -0.4 is 24.3 Å². The normalized spacial score (nSPS) is 10.9. The number of nitrogens with zero attached hydrogens (tertiary/aromatic N) is 3. The van der Waals surface area contributed by atoms with Gasteiger partial charge in [0.1, 0.15) is 5.69 Å². The third-order valence-electron chi connectivity index (χ3n) is 3.34. The number of carbonyl (C=O) groups excluding carboxylic acids is 2. The Morgan fingerprint density at radius 3 is 2.45 bits per heavy atom. The second-order valence-corrected chi connectivity index (χ2v) is 7.18. The van der Waals surface area contributed by atoms with Crippen LogP contribution in [-0.2, 0) is 10.2 Å². The van der Waals surface area contributed by atoms with Gasteiger partial charge in [-0.1, -0.05) is 0 Å². The van der Waals surface area contributed by atoms with Crippen molar-refractivity contribution in [3.05, 3.63) is 30.1 Å². The van der Waals surface area contributed by atoms with E-state index in [1.54, 1.807) is 4.72 Å². The number of ketones is 1. The zero-order chi connectivity index (χ0) is 21.4. The van der Waals surface area contributed by atoms with E-state index in [2.05, 4.69) is 20.1 Å². The summed E-state index contributed by atoms with van der Waals surface area (Å²) in [5.74, 6) is -0.0514. The second kappa shape index (κ2) is 9.93. The molecule has 0 saturated carbocycles. The zero-order valence-corrected chi connectivity index (χ0v) is 17.1. The molecule has 0 spiro atoms. The van der Waals surface area contributed by atoms with Gasteiger partial charge in [-0.2, -0.15) is 18.4 Å². The molecule has 0 bridgehead atoms. The number of anilines is 1. The van der Waals surface area contributed by atoms with Gasteiger partial charge in [0.2, 0.25) is 17.7 Å². The van der Waals surface area contributed by atoms with Crippen molar-refractivity contribution in [1.29, 1.82) is 0 Å². The minimum Gasteiger partial charge on any atom is -0.481 e. The molecule has 0 aliphatic rings. The van der Waals surface area contributed by atoms with Gasteiger partial charge < -0.3 is 9.47 Å². The van der Waals surface area contributed by atoms with Crippen LogP contribution in [0, 0.1) is 0 Å². The van der Waals surface area contributed by atoms with Crippen LogP contribution in [0.2, 0.25) is 0 Å². The Labute approximate surface area is 171 Å². The lowest BCUT2D eigenvalue weighted by Crippen LogP contribution is -2.42. The van der Waals surface area contributed by atoms with Crippen molar-refractivity contribution in [2.45, 2.75) is 12.8 Å². The summed E-state index contributed by atoms with van der Waals surface area (Å²) in [5, 5.41) is 2.15. The quantitative estimate of drug-likeness (QED) is 0.362. The van der Waals surface area contributed by atoms with Gasteiger partial charge in [0, 0.05) is 18.5 Å². The van der Waals surface area contributed by atoms with E-state index >= 15 is 0 Å². The van der Waals surface area contributed by atoms with Crippen molar-refractivity contribution in [2.24, 2.45) is 0 Å². The summed E-state index contributed by atoms with van der Waals surface area (Å²) in [6.07, 6.45) is 1.92. The highest BCUT2D eigenvalue weighted by atomic mass is 35.5. The Morgan fingerprint density at radius 2 is 1.86 bits per heavy atom. The number of Topliss-reactive ketones (excluding diaryl/α,β-unsaturated/α-hetero) is 1. The van der Waals surface area contributed by atoms with Crippen LogP contribution >= 0.6 is 11.6 Å². The molecule has 0 aromatic carbocycles. The summed E-state index contributed by atoms with van der Waals surface area (Å²) >= 11 is 5.56. The molecule has 2 aromatic heterocycles. The Balaban J connectivity index is 2.06. The Bertz CT molecular complexity index is 957. The predicted molar refractivity (Wildman–Crippen MR) is 104 cm³/mol. The van der Waals surface area contributed by atoms with Gasteiger partial charge in [0.15, 0.2) is 5.78 Å². The summed E-state index contributed by atoms with van der Waals surface area (Å²) in [6, 6.07) is 3.15. The van der Waals surface area contributed by atoms with Crippen LogP contribution in [0.1, 0.15) is 23.3 Å². The minimum absolute atomic E-state index is 0.0978. The number of carbonyl (C=O) groups is 2. The molecule has 3 N–H and O–H groups in total. The van der Waals surface area contributed by atoms with Crippen LogP contribution in [0.4, 0.5) is 10.7 Å². The zero-order valence-electron chi connectivity index (χ0n) is 15.5. The average Bonchev–Trinajstić information content (AvgIpc) is 3.12. The van der Waals surface area contributed by atoms with Gasteiger partial charge in [-0.25, -0.2) is 19.0 Å². The SMILES string of the molecule is COc1cc(OC)nc(NC(=O)NS(=O)(=O)Nn2cccc2C(=O)CCCCl)n1. The fraction of sp³-hybridized carbons (Fsp3) is 0.333. The molecule has 0 saturated heterocycles. The number of halogens is 1. The monoisotopic (exact) mass is 446 g/mol. The molecule has 0 aliphatic heterocycles. The number of nitrogens with one attached hydrogen (secondary N) is 3. The predicted octanol–water partition coefficient (Wildman–Crippen LogP) is 1.11. The number of hydrogen-bond donors (Lipinski definition) is 3. The summed E-state index contributed by atoms with van der Waals surface area (Å²) in [7, 11) is -1.68. The van der Waals surface area contributed by atoms with E-state index in [9.17, 15) is 18.0 Å². The van der Waals surface area contributed by atoms with E-state index in [0.717, 1.165) is 4.68 Å². The number of aromatic nitrogens is 3. The highest BCUT2D eigenvalue weighted by Gasteiger charge is 2.19. The van der Waals surface area contributed by atoms with Crippen molar-refractivity contribution < 1.29 is 27.5 Å². The smallest absolute Gasteiger partial charge is 0.338 e. The molecule has 158 valence electrons. The first kappa shape index (κ1) is 22.2. The number of amides is 2. The molecule has 0 radical (unpaired) electrons. The van der Waals surface area contributed by atoms with E-state index in [-0.39, 0.29) is 35.6 Å². The first-order chi connectivity index (χ1) is 13.8. The molecular weight excluding hydrogens is 428 g/mol. The molecule has 14 heteroatoms. The van der Waals surface area contributed by atoms with Crippen molar-refractivity contribution in [2.75, 3.05) is 30.2 Å². The number of rotatable bonds is 10. The largest absolute Gasteiger partial charge is 0.481 e. The summed E-state index contributed by atoms with van der Waals surface area (Å²) < 4.78 is 37.0. The van der Waals surface area contributed by atoms with Crippen LogP contribution in [-0.4, -0.2) is 55.0 Å². The maximum Gasteiger partial charge on any atom is 0.338 e. The van der Waals surface area contributed by atoms with Crippen LogP contribution in [0.25, 0.3) is 0 Å². The molecule has 0 fully saturated rings. The number of alkyl halides is 1. The third-order valence-corrected chi connectivity index (χ3v) is 4.50. The van der Waals surface area contributed by atoms with Crippen molar-refractivity contribution in [1.82, 2.24) is 19.4 Å². The highest BCUT2D eigenvalue weighted by Crippen LogP contribution is 2.17. The van der Waals surface area contributed by atoms with Gasteiger partial charge in [0.05, 0.1) is 20.3 Å². The second-order valence-electron chi connectivity index (χ2n) is 5.41. The first-order valence-electron chi connectivity index (χ1n) is 8.13. The average molecular weight is 447 g/mol. The molecule has 2 amide bonds. The van der Waals surface area contributed by atoms with E-state index in [1.807, 2.05) is 0 Å². The number of ether oxygens (including phenoxy) is 2. The fourth-order valence-corrected chi connectivity index (χ4v) is 3.01. The molecule has 2 aromatic rings. The van der Waals surface area contributed by atoms with Crippen molar-refractivity contribution in [3.63, 3.8) is 0 Å². The molecule has 0 unspecified atom stereocenters. The number of hydrogen-bond acceptors (Lipinski definition) is 8. The van der Waals surface area contributed by atoms with Crippen LogP contribution in [0.3, 0.4) is 0 Å². The lowest BCUT2D eigenvalue weighted by atomic mass is 10.2. The maximum absolute atomic E-state index is 12.2. The van der Waals surface area contributed by atoms with Gasteiger partial charge in [-0.15, -0.1) is 11.6 Å². The maximum atomic E-state index is 12.2. The van der Waals surface area contributed by atoms with Crippen LogP contribution in [0.5, 0.6) is 11.8 Å². The lowest BCUT2D eigenvalue weighted by molar-refractivity contribution is 0.0975. The van der Waals surface area contributed by atoms with Crippen LogP contribution in [0.15, 0.2) is 24.4 Å². The van der Waals surface area contributed by atoms with E-state index in [1.165, 1.54) is 38.6 Å². The first-order valence-corrected chi connectivity index (χ1v) is 10.1. The summed E-state index contributed by atoms with van der Waals surface area (Å²) in [6.45, 7) is 0. The van der Waals surface area contributed by atoms with Gasteiger partial charge in [-0.3, -0.25) is 10.1 Å². The molecule has 29 heavy (non-hydrogen) atoms. The van der Waals surface area contributed by atoms with E-state index in [0.29, 0.717) is 12.3 Å². The van der Waals surface area contributed by atoms with Gasteiger partial charge >= 0.3 is 16.2 Å². The molecule has 2 rings (SSSR count). The summed E-state index contributed by atoms with van der Waals surface area (Å²) in [4.78, 5) is 33.9. The Morgan fingerprint density at radius 1 is 1.21 bits per heavy atom. The number of urea groups is 1. The molecular formula is C15H19ClN6O6S. The van der Waals surface area contributed by atoms with Gasteiger partial charge in [0.25, 0.3) is 0 Å². The van der Waals surface area contributed by atoms with Crippen molar-refractivity contribution >= 4 is 39.6 Å². The molecule has 0 atom stereocenters. The minimum atomic E-state index is -4.38. The number of methoxy groups -OCH3 is 2. The fourth-order valence-electron chi connectivity index (χ4n) is 2.11. The van der Waals surface area contributed by atoms with Gasteiger partial charge in [-0.05, 0) is 18.6 Å². The van der Waals surface area contributed by atoms with E-state index < -0.39 is 16.2 Å². The molecule has 12 nitrogen and oxygen atoms in total. The third kappa shape index (κ3) is 6.50. The van der Waals surface area contributed by atoms with E-state index in [4.69, 9.17) is 21.1 Å². The lowest BCUT2D eigenvalue weighted by Gasteiger charge is -2.13. The Hall–Kier alpha value is -3.06. The topological polar surface area (TPSA) is 154 Å². The Kier molecular flexibility index (Phi) is 7.61. The summed E-state index contributed by atoms with van der Waals surface area (Å²) in [5.41, 5.74) is 0.0989.